The van der Waals surface area contributed by atoms with E-state index in [2.05, 4.69) is 303 Å². The standard InChI is InChI=1S/C84H78N4.2C2H6/c1-7-83(3,4)61-45-51-73-75(53-61)81(85(63-47-41-59(42-48-63)57-25-11-9-12-26-57)65-29-23-31-67(55-65)87-77-37-19-15-33-69(77)70-34-16-20-38-78(70)87)74-52-46-62(84(5,6)8-2)54-76(74)82(73)86(64-49-43-60(44-50-64)58-27-13-10-14-28-58)66-30-24-32-68(56-66)88-79-39-21-17-35-71(79)72-36-18-22-40-80(72)88;2*1-2/h9-14,19-32,37-56H,7-8,15-18,33-36H2,1-6H3;2*1-2H3. The third kappa shape index (κ3) is 11.1. The van der Waals surface area contributed by atoms with Crippen molar-refractivity contribution in [2.75, 3.05) is 9.80 Å². The van der Waals surface area contributed by atoms with Crippen molar-refractivity contribution in [1.82, 2.24) is 9.13 Å². The average molecular weight is 1200 g/mol. The maximum absolute atomic E-state index is 2.60. The predicted octanol–water partition coefficient (Wildman–Crippen LogP) is 25.1. The third-order valence-electron chi connectivity index (χ3n) is 20.3. The Kier molecular flexibility index (Phi) is 17.4. The van der Waals surface area contributed by atoms with E-state index in [-0.39, 0.29) is 10.8 Å². The van der Waals surface area contributed by atoms with Crippen LogP contribution in [0.4, 0.5) is 34.1 Å². The molecule has 0 aliphatic heterocycles. The first kappa shape index (κ1) is 61.5. The van der Waals surface area contributed by atoms with Crippen LogP contribution in [0.15, 0.2) is 218 Å². The van der Waals surface area contributed by atoms with Gasteiger partial charge in [0.25, 0.3) is 0 Å². The van der Waals surface area contributed by atoms with Gasteiger partial charge in [0.2, 0.25) is 0 Å². The molecule has 2 aromatic heterocycles. The van der Waals surface area contributed by atoms with Crippen LogP contribution in [0.5, 0.6) is 0 Å². The van der Waals surface area contributed by atoms with Crippen molar-refractivity contribution in [3.05, 3.63) is 275 Å². The summed E-state index contributed by atoms with van der Waals surface area (Å²) < 4.78 is 5.11. The summed E-state index contributed by atoms with van der Waals surface area (Å²) in [6, 6.07) is 74.1. The molecule has 0 radical (unpaired) electrons. The first-order valence-electron chi connectivity index (χ1n) is 34.4. The van der Waals surface area contributed by atoms with E-state index in [1.165, 1.54) is 123 Å². The number of aromatic nitrogens is 2. The molecule has 92 heavy (non-hydrogen) atoms. The van der Waals surface area contributed by atoms with E-state index in [1.54, 1.807) is 0 Å². The van der Waals surface area contributed by atoms with Crippen LogP contribution in [-0.4, -0.2) is 9.13 Å². The molecule has 9 aromatic carbocycles. The molecule has 2 heterocycles. The number of benzene rings is 9. The highest BCUT2D eigenvalue weighted by Crippen LogP contribution is 2.54. The summed E-state index contributed by atoms with van der Waals surface area (Å²) in [5.74, 6) is 0. The first-order chi connectivity index (χ1) is 45.1. The van der Waals surface area contributed by atoms with Crippen LogP contribution in [0.25, 0.3) is 79.5 Å². The number of nitrogens with zero attached hydrogens (tertiary/aromatic N) is 4. The van der Waals surface area contributed by atoms with Gasteiger partial charge in [-0.3, -0.25) is 0 Å². The molecule has 4 aliphatic carbocycles. The van der Waals surface area contributed by atoms with Gasteiger partial charge >= 0.3 is 0 Å². The highest BCUT2D eigenvalue weighted by Gasteiger charge is 2.32. The second kappa shape index (κ2) is 26.1. The van der Waals surface area contributed by atoms with Crippen molar-refractivity contribution in [2.45, 2.75) is 144 Å². The Bertz CT molecular complexity index is 4240. The van der Waals surface area contributed by atoms with E-state index >= 15 is 0 Å². The summed E-state index contributed by atoms with van der Waals surface area (Å²) in [4.78, 5) is 5.21. The second-order valence-corrected chi connectivity index (χ2v) is 26.1. The monoisotopic (exact) mass is 1200 g/mol. The van der Waals surface area contributed by atoms with Gasteiger partial charge in [-0.1, -0.05) is 215 Å². The van der Waals surface area contributed by atoms with E-state index in [4.69, 9.17) is 0 Å². The van der Waals surface area contributed by atoms with E-state index in [0.717, 1.165) is 87.0 Å². The fourth-order valence-corrected chi connectivity index (χ4v) is 14.6. The molecule has 11 aromatic rings. The van der Waals surface area contributed by atoms with Crippen LogP contribution in [0.1, 0.15) is 164 Å². The molecule has 0 N–H and O–H groups in total. The molecule has 0 bridgehead atoms. The number of hydrogen-bond acceptors (Lipinski definition) is 2. The number of anilines is 6. The average Bonchev–Trinajstić information content (AvgIpc) is 0.850. The topological polar surface area (TPSA) is 16.3 Å². The summed E-state index contributed by atoms with van der Waals surface area (Å²) in [6.45, 7) is 22.3. The van der Waals surface area contributed by atoms with Crippen LogP contribution in [0.2, 0.25) is 0 Å². The van der Waals surface area contributed by atoms with Crippen molar-refractivity contribution in [1.29, 1.82) is 0 Å². The van der Waals surface area contributed by atoms with Crippen LogP contribution < -0.4 is 9.80 Å². The smallest absolute Gasteiger partial charge is 0.0620 e. The van der Waals surface area contributed by atoms with E-state index in [0.29, 0.717) is 0 Å². The lowest BCUT2D eigenvalue weighted by atomic mass is 9.79. The zero-order valence-electron chi connectivity index (χ0n) is 56.0. The maximum Gasteiger partial charge on any atom is 0.0620 e. The molecular formula is C88H90N4. The largest absolute Gasteiger partial charge is 0.310 e. The number of rotatable bonds is 14. The molecule has 0 saturated heterocycles. The predicted molar refractivity (Wildman–Crippen MR) is 399 cm³/mol. The van der Waals surface area contributed by atoms with Gasteiger partial charge in [-0.2, -0.15) is 0 Å². The molecule has 4 nitrogen and oxygen atoms in total. The summed E-state index contributed by atoms with van der Waals surface area (Å²) in [5, 5.41) is 4.78. The minimum Gasteiger partial charge on any atom is -0.310 e. The van der Waals surface area contributed by atoms with Crippen molar-refractivity contribution in [3.8, 4) is 33.6 Å². The molecule has 4 heteroatoms. The molecule has 0 amide bonds. The van der Waals surface area contributed by atoms with Crippen molar-refractivity contribution in [3.63, 3.8) is 0 Å². The van der Waals surface area contributed by atoms with Gasteiger partial charge in [0.1, 0.15) is 0 Å². The van der Waals surface area contributed by atoms with Gasteiger partial charge in [0.15, 0.2) is 0 Å². The Morgan fingerprint density at radius 2 is 0.652 bits per heavy atom. The summed E-state index contributed by atoms with van der Waals surface area (Å²) in [5.41, 5.74) is 27.6. The summed E-state index contributed by atoms with van der Waals surface area (Å²) in [7, 11) is 0. The molecule has 0 spiro atoms. The van der Waals surface area contributed by atoms with Gasteiger partial charge in [-0.15, -0.1) is 0 Å². The Morgan fingerprint density at radius 1 is 0.326 bits per heavy atom. The molecule has 462 valence electrons. The summed E-state index contributed by atoms with van der Waals surface area (Å²) >= 11 is 0. The molecule has 0 atom stereocenters. The van der Waals surface area contributed by atoms with Crippen LogP contribution in [0, 0.1) is 0 Å². The van der Waals surface area contributed by atoms with Gasteiger partial charge < -0.3 is 18.9 Å². The minimum atomic E-state index is -0.107. The van der Waals surface area contributed by atoms with Gasteiger partial charge in [0, 0.05) is 78.4 Å². The second-order valence-electron chi connectivity index (χ2n) is 26.1. The molecule has 0 fully saturated rings. The lowest BCUT2D eigenvalue weighted by Crippen LogP contribution is -2.18. The fraction of sp³-hybridized carbons (Fsp3) is 0.250. The number of hydrogen-bond donors (Lipinski definition) is 0. The zero-order chi connectivity index (χ0) is 63.7. The number of allylic oxidation sites excluding steroid dienone is 4. The van der Waals surface area contributed by atoms with Gasteiger partial charge in [0.05, 0.1) is 11.4 Å². The van der Waals surface area contributed by atoms with E-state index < -0.39 is 0 Å². The van der Waals surface area contributed by atoms with Crippen molar-refractivity contribution < 1.29 is 0 Å². The SMILES string of the molecule is CC.CC.CCC(C)(C)c1ccc2c(N(c3ccc(-c4ccccc4)cc3)c3cccc(-n4c5c(c6c4C=CCC6)CCC=C5)c3)c3cc(C(C)(C)CC)ccc3c(N(c3ccc(-c4ccccc4)cc3)c3cccc(-n4c5c(c6c4C=CCC6)CCC=C5)c3)c2c1. The lowest BCUT2D eigenvalue weighted by Gasteiger charge is -2.35. The highest BCUT2D eigenvalue weighted by molar-refractivity contribution is 6.23. The Morgan fingerprint density at radius 3 is 0.978 bits per heavy atom. The van der Waals surface area contributed by atoms with Crippen LogP contribution >= 0.6 is 0 Å². The maximum atomic E-state index is 2.60. The summed E-state index contributed by atoms with van der Waals surface area (Å²) in [6.07, 6.45) is 29.6. The zero-order valence-corrected chi connectivity index (χ0v) is 56.0. The third-order valence-corrected chi connectivity index (χ3v) is 20.3. The van der Waals surface area contributed by atoms with Crippen molar-refractivity contribution in [2.24, 2.45) is 0 Å². The quantitative estimate of drug-likeness (QED) is 0.0797. The molecule has 0 unspecified atom stereocenters. The van der Waals surface area contributed by atoms with Crippen LogP contribution in [0.3, 0.4) is 0 Å². The molecule has 4 aliphatic rings. The van der Waals surface area contributed by atoms with Gasteiger partial charge in [-0.25, -0.2) is 0 Å². The number of fused-ring (bicyclic) bond motifs is 8. The van der Waals surface area contributed by atoms with E-state index in [1.807, 2.05) is 27.7 Å². The molecular weight excluding hydrogens is 1110 g/mol. The normalized spacial score (nSPS) is 13.8. The highest BCUT2D eigenvalue weighted by atomic mass is 15.2. The van der Waals surface area contributed by atoms with Gasteiger partial charge in [-0.05, 0) is 228 Å². The Balaban J connectivity index is 0.00000190. The van der Waals surface area contributed by atoms with Crippen LogP contribution in [-0.2, 0) is 36.5 Å². The van der Waals surface area contributed by atoms with Crippen molar-refractivity contribution >= 4 is 80.0 Å². The fourth-order valence-electron chi connectivity index (χ4n) is 14.6. The first-order valence-corrected chi connectivity index (χ1v) is 34.4. The lowest BCUT2D eigenvalue weighted by molar-refractivity contribution is 0.506. The minimum absolute atomic E-state index is 0.107. The Labute approximate surface area is 548 Å². The Hall–Kier alpha value is -9.38. The van der Waals surface area contributed by atoms with E-state index in [9.17, 15) is 0 Å². The molecule has 15 rings (SSSR count). The molecule has 0 saturated carbocycles.